The topological polar surface area (TPSA) is 29.1 Å². The van der Waals surface area contributed by atoms with Gasteiger partial charge in [-0.3, -0.25) is 4.79 Å². The van der Waals surface area contributed by atoms with Crippen molar-refractivity contribution < 1.29 is 4.79 Å². The molecule has 0 aromatic heterocycles. The maximum absolute atomic E-state index is 11.3. The van der Waals surface area contributed by atoms with Crippen molar-refractivity contribution >= 4 is 5.78 Å². The smallest absolute Gasteiger partial charge is 0.172 e. The molecule has 1 unspecified atom stereocenters. The van der Waals surface area contributed by atoms with E-state index in [1.165, 1.54) is 0 Å². The Balaban J connectivity index is 2.47. The number of ketones is 1. The molecule has 1 rings (SSSR count). The fraction of sp³-hybridized carbons (Fsp3) is 0.667. The Labute approximate surface area is 67.7 Å². The highest BCUT2D eigenvalue weighted by atomic mass is 16.1. The van der Waals surface area contributed by atoms with E-state index in [-0.39, 0.29) is 11.8 Å². The third-order valence-corrected chi connectivity index (χ3v) is 1.83. The highest BCUT2D eigenvalue weighted by Crippen LogP contribution is 2.07. The molecular weight excluding hydrogens is 138 g/mol. The van der Waals surface area contributed by atoms with E-state index in [0.29, 0.717) is 0 Å². The van der Waals surface area contributed by atoms with Crippen molar-refractivity contribution in [1.82, 2.24) is 5.32 Å². The average molecular weight is 153 g/mol. The maximum Gasteiger partial charge on any atom is 0.172 e. The number of hydrogen-bond donors (Lipinski definition) is 1. The number of carbonyl (C=O) groups excluding carboxylic acids is 1. The first-order valence-electron chi connectivity index (χ1n) is 4.12. The van der Waals surface area contributed by atoms with E-state index in [2.05, 4.69) is 5.32 Å². The van der Waals surface area contributed by atoms with E-state index in [1.807, 2.05) is 13.8 Å². The number of carbonyl (C=O) groups is 1. The molecule has 1 aliphatic heterocycles. The van der Waals surface area contributed by atoms with E-state index < -0.39 is 0 Å². The minimum absolute atomic E-state index is 0.102. The van der Waals surface area contributed by atoms with Gasteiger partial charge in [-0.1, -0.05) is 5.57 Å². The summed E-state index contributed by atoms with van der Waals surface area (Å²) in [6.07, 6.45) is 3.86. The molecule has 0 aromatic carbocycles. The molecule has 0 bridgehead atoms. The van der Waals surface area contributed by atoms with Crippen LogP contribution in [-0.4, -0.2) is 18.4 Å². The molecule has 0 saturated carbocycles. The summed E-state index contributed by atoms with van der Waals surface area (Å²) in [7, 11) is 0. The van der Waals surface area contributed by atoms with E-state index >= 15 is 0 Å². The van der Waals surface area contributed by atoms with Gasteiger partial charge in [-0.05, 0) is 39.3 Å². The maximum atomic E-state index is 11.3. The molecule has 0 radical (unpaired) electrons. The highest BCUT2D eigenvalue weighted by molar-refractivity contribution is 5.94. The van der Waals surface area contributed by atoms with Crippen molar-refractivity contribution in [2.24, 2.45) is 0 Å². The zero-order chi connectivity index (χ0) is 8.27. The highest BCUT2D eigenvalue weighted by Gasteiger charge is 2.19. The van der Waals surface area contributed by atoms with E-state index in [9.17, 15) is 4.79 Å². The Bertz CT molecular complexity index is 174. The van der Waals surface area contributed by atoms with Crippen LogP contribution in [0.2, 0.25) is 0 Å². The quantitative estimate of drug-likeness (QED) is 0.605. The van der Waals surface area contributed by atoms with Crippen LogP contribution in [0.5, 0.6) is 0 Å². The standard InChI is InChI=1S/C9H15NO/c1-7(2)6-9(11)8-4-3-5-10-8/h6,8,10H,3-5H2,1-2H3. The SMILES string of the molecule is CC(C)=CC(=O)C1CCCN1. The van der Waals surface area contributed by atoms with Crippen molar-refractivity contribution in [2.45, 2.75) is 32.7 Å². The zero-order valence-corrected chi connectivity index (χ0v) is 7.18. The Kier molecular flexibility index (Phi) is 2.83. The van der Waals surface area contributed by atoms with Crippen LogP contribution in [0.4, 0.5) is 0 Å². The molecule has 1 aliphatic rings. The zero-order valence-electron chi connectivity index (χ0n) is 7.18. The lowest BCUT2D eigenvalue weighted by molar-refractivity contribution is -0.116. The Morgan fingerprint density at radius 2 is 2.27 bits per heavy atom. The minimum Gasteiger partial charge on any atom is -0.307 e. The third-order valence-electron chi connectivity index (χ3n) is 1.83. The summed E-state index contributed by atoms with van der Waals surface area (Å²) in [6.45, 7) is 4.90. The molecule has 0 spiro atoms. The van der Waals surface area contributed by atoms with Crippen LogP contribution in [0, 0.1) is 0 Å². The van der Waals surface area contributed by atoms with Crippen LogP contribution in [-0.2, 0) is 4.79 Å². The van der Waals surface area contributed by atoms with Gasteiger partial charge in [0.25, 0.3) is 0 Å². The number of hydrogen-bond acceptors (Lipinski definition) is 2. The summed E-state index contributed by atoms with van der Waals surface area (Å²) in [6, 6.07) is 0.102. The number of rotatable bonds is 2. The molecule has 0 aromatic rings. The molecule has 1 fully saturated rings. The molecule has 0 amide bonds. The first kappa shape index (κ1) is 8.47. The summed E-state index contributed by atoms with van der Waals surface area (Å²) >= 11 is 0. The summed E-state index contributed by atoms with van der Waals surface area (Å²) in [5.41, 5.74) is 1.09. The second-order valence-electron chi connectivity index (χ2n) is 3.27. The van der Waals surface area contributed by atoms with Gasteiger partial charge in [-0.2, -0.15) is 0 Å². The lowest BCUT2D eigenvalue weighted by Gasteiger charge is -2.04. The molecule has 1 N–H and O–H groups in total. The van der Waals surface area contributed by atoms with Gasteiger partial charge in [0.2, 0.25) is 0 Å². The lowest BCUT2D eigenvalue weighted by Crippen LogP contribution is -2.29. The predicted octanol–water partition coefficient (Wildman–Crippen LogP) is 1.27. The summed E-state index contributed by atoms with van der Waals surface area (Å²) < 4.78 is 0. The summed E-state index contributed by atoms with van der Waals surface area (Å²) in [5, 5.41) is 3.17. The van der Waals surface area contributed by atoms with Crippen LogP contribution in [0.1, 0.15) is 26.7 Å². The average Bonchev–Trinajstić information content (AvgIpc) is 2.35. The molecule has 62 valence electrons. The summed E-state index contributed by atoms with van der Waals surface area (Å²) in [4.78, 5) is 11.3. The molecule has 2 nitrogen and oxygen atoms in total. The van der Waals surface area contributed by atoms with Crippen molar-refractivity contribution in [3.63, 3.8) is 0 Å². The first-order chi connectivity index (χ1) is 5.20. The minimum atomic E-state index is 0.102. The van der Waals surface area contributed by atoms with Crippen LogP contribution in [0.3, 0.4) is 0 Å². The molecular formula is C9H15NO. The van der Waals surface area contributed by atoms with E-state index in [4.69, 9.17) is 0 Å². The Morgan fingerprint density at radius 3 is 2.73 bits per heavy atom. The monoisotopic (exact) mass is 153 g/mol. The Morgan fingerprint density at radius 1 is 1.55 bits per heavy atom. The second-order valence-corrected chi connectivity index (χ2v) is 3.27. The normalized spacial score (nSPS) is 23.3. The van der Waals surface area contributed by atoms with Gasteiger partial charge in [-0.25, -0.2) is 0 Å². The van der Waals surface area contributed by atoms with Crippen molar-refractivity contribution in [1.29, 1.82) is 0 Å². The molecule has 1 saturated heterocycles. The van der Waals surface area contributed by atoms with E-state index in [1.54, 1.807) is 6.08 Å². The fourth-order valence-corrected chi connectivity index (χ4v) is 1.31. The molecule has 1 heterocycles. The van der Waals surface area contributed by atoms with Crippen molar-refractivity contribution in [3.05, 3.63) is 11.6 Å². The number of nitrogens with one attached hydrogen (secondary N) is 1. The summed E-state index contributed by atoms with van der Waals surface area (Å²) in [5.74, 6) is 0.238. The molecule has 11 heavy (non-hydrogen) atoms. The first-order valence-corrected chi connectivity index (χ1v) is 4.12. The number of allylic oxidation sites excluding steroid dienone is 1. The molecule has 1 atom stereocenters. The second kappa shape index (κ2) is 3.67. The lowest BCUT2D eigenvalue weighted by atomic mass is 10.1. The molecule has 2 heteroatoms. The van der Waals surface area contributed by atoms with Crippen LogP contribution in [0.15, 0.2) is 11.6 Å². The van der Waals surface area contributed by atoms with Gasteiger partial charge in [0.1, 0.15) is 0 Å². The van der Waals surface area contributed by atoms with Gasteiger partial charge in [0, 0.05) is 0 Å². The Hall–Kier alpha value is -0.630. The largest absolute Gasteiger partial charge is 0.307 e. The van der Waals surface area contributed by atoms with Gasteiger partial charge in [0.05, 0.1) is 6.04 Å². The fourth-order valence-electron chi connectivity index (χ4n) is 1.31. The van der Waals surface area contributed by atoms with Crippen LogP contribution >= 0.6 is 0 Å². The van der Waals surface area contributed by atoms with Crippen LogP contribution < -0.4 is 5.32 Å². The van der Waals surface area contributed by atoms with Crippen molar-refractivity contribution in [3.8, 4) is 0 Å². The predicted molar refractivity (Wildman–Crippen MR) is 45.5 cm³/mol. The van der Waals surface area contributed by atoms with E-state index in [0.717, 1.165) is 25.0 Å². The van der Waals surface area contributed by atoms with Gasteiger partial charge in [0.15, 0.2) is 5.78 Å². The third kappa shape index (κ3) is 2.46. The van der Waals surface area contributed by atoms with Crippen LogP contribution in [0.25, 0.3) is 0 Å². The van der Waals surface area contributed by atoms with Gasteiger partial charge >= 0.3 is 0 Å². The van der Waals surface area contributed by atoms with Gasteiger partial charge in [-0.15, -0.1) is 0 Å². The van der Waals surface area contributed by atoms with Crippen molar-refractivity contribution in [2.75, 3.05) is 6.54 Å². The van der Waals surface area contributed by atoms with Gasteiger partial charge < -0.3 is 5.32 Å². The molecule has 0 aliphatic carbocycles.